The summed E-state index contributed by atoms with van der Waals surface area (Å²) in [6.45, 7) is 8.46. The molecular weight excluding hydrogens is 492 g/mol. The van der Waals surface area contributed by atoms with Gasteiger partial charge in [0.05, 0.1) is 6.04 Å². The molecule has 1 aromatic carbocycles. The van der Waals surface area contributed by atoms with E-state index in [1.165, 1.54) is 30.0 Å². The van der Waals surface area contributed by atoms with Crippen LogP contribution in [0.1, 0.15) is 62.6 Å². The van der Waals surface area contributed by atoms with Crippen LogP contribution in [-0.2, 0) is 4.79 Å². The maximum atomic E-state index is 13.4. The highest BCUT2D eigenvalue weighted by atomic mass is 16.1. The zero-order chi connectivity index (χ0) is 27.7. The van der Waals surface area contributed by atoms with Crippen LogP contribution in [0.5, 0.6) is 0 Å². The second-order valence-corrected chi connectivity index (χ2v) is 11.0. The molecule has 2 aliphatic rings. The van der Waals surface area contributed by atoms with E-state index in [0.717, 1.165) is 31.6 Å². The van der Waals surface area contributed by atoms with Crippen molar-refractivity contribution in [3.63, 3.8) is 0 Å². The minimum Gasteiger partial charge on any atom is -0.324 e. The summed E-state index contributed by atoms with van der Waals surface area (Å²) in [5.74, 6) is 1.42. The molecule has 2 fully saturated rings. The lowest BCUT2D eigenvalue weighted by Gasteiger charge is -2.30. The molecule has 206 valence electrons. The molecule has 0 radical (unpaired) electrons. The van der Waals surface area contributed by atoms with Crippen LogP contribution in [0.25, 0.3) is 11.0 Å². The highest BCUT2D eigenvalue weighted by molar-refractivity contribution is 6.01. The number of aryl methyl sites for hydroxylation is 1. The number of anilines is 2. The number of carbonyl (C=O) groups is 1. The lowest BCUT2D eigenvalue weighted by Crippen LogP contribution is -2.30. The van der Waals surface area contributed by atoms with Crippen LogP contribution in [0.4, 0.5) is 11.6 Å². The summed E-state index contributed by atoms with van der Waals surface area (Å²) in [7, 11) is 4.05. The van der Waals surface area contributed by atoms with Gasteiger partial charge in [-0.15, -0.1) is 0 Å². The monoisotopic (exact) mass is 530 g/mol. The van der Waals surface area contributed by atoms with Gasteiger partial charge < -0.3 is 10.2 Å². The summed E-state index contributed by atoms with van der Waals surface area (Å²) in [6.07, 6.45) is 9.44. The molecule has 39 heavy (non-hydrogen) atoms. The molecule has 1 aliphatic carbocycles. The predicted octanol–water partition coefficient (Wildman–Crippen LogP) is 4.05. The summed E-state index contributed by atoms with van der Waals surface area (Å²) < 4.78 is 3.43. The molecule has 0 unspecified atom stereocenters. The summed E-state index contributed by atoms with van der Waals surface area (Å²) in [5, 5.41) is 10.3. The molecule has 3 heterocycles. The molecule has 0 bridgehead atoms. The zero-order valence-electron chi connectivity index (χ0n) is 23.5. The Labute approximate surface area is 229 Å². The van der Waals surface area contributed by atoms with E-state index in [-0.39, 0.29) is 17.6 Å². The van der Waals surface area contributed by atoms with Gasteiger partial charge >= 0.3 is 0 Å². The molecule has 5 rings (SSSR count). The van der Waals surface area contributed by atoms with E-state index in [1.54, 1.807) is 26.6 Å². The topological polar surface area (TPSA) is 101 Å². The number of aromatic nitrogens is 4. The number of nitrogens with zero attached hydrogens (tertiary/aromatic N) is 7. The fourth-order valence-corrected chi connectivity index (χ4v) is 5.14. The van der Waals surface area contributed by atoms with Gasteiger partial charge in [0.2, 0.25) is 5.95 Å². The molecule has 1 saturated heterocycles. The maximum absolute atomic E-state index is 13.4. The van der Waals surface area contributed by atoms with Crippen molar-refractivity contribution in [3.8, 4) is 0 Å². The maximum Gasteiger partial charge on any atom is 0.278 e. The minimum atomic E-state index is -0.156. The molecule has 10 heteroatoms. The van der Waals surface area contributed by atoms with Crippen LogP contribution in [0.2, 0.25) is 0 Å². The van der Waals surface area contributed by atoms with Crippen molar-refractivity contribution in [3.05, 3.63) is 58.0 Å². The Kier molecular flexibility index (Phi) is 7.65. The lowest BCUT2D eigenvalue weighted by molar-refractivity contribution is -0.104. The normalized spacial score (nSPS) is 17.4. The number of allylic oxidation sites excluding steroid dienone is 2. The molecule has 0 amide bonds. The van der Waals surface area contributed by atoms with Crippen LogP contribution < -0.4 is 10.9 Å². The molecule has 2 aromatic heterocycles. The average Bonchev–Trinajstić information content (AvgIpc) is 3.71. The van der Waals surface area contributed by atoms with Crippen molar-refractivity contribution >= 4 is 34.8 Å². The molecule has 1 aliphatic heterocycles. The van der Waals surface area contributed by atoms with Crippen molar-refractivity contribution in [1.29, 1.82) is 0 Å². The van der Waals surface area contributed by atoms with Crippen molar-refractivity contribution < 1.29 is 4.79 Å². The van der Waals surface area contributed by atoms with E-state index in [0.29, 0.717) is 35.0 Å². The summed E-state index contributed by atoms with van der Waals surface area (Å²) in [6, 6.07) is 6.62. The van der Waals surface area contributed by atoms with Gasteiger partial charge in [0.1, 0.15) is 11.7 Å². The van der Waals surface area contributed by atoms with Gasteiger partial charge in [0.15, 0.2) is 11.5 Å². The van der Waals surface area contributed by atoms with E-state index in [2.05, 4.69) is 47.4 Å². The first-order valence-electron chi connectivity index (χ1n) is 13.8. The number of rotatable bonds is 8. The Balaban J connectivity index is 1.52. The van der Waals surface area contributed by atoms with E-state index >= 15 is 0 Å². The van der Waals surface area contributed by atoms with Crippen LogP contribution in [-0.4, -0.2) is 74.6 Å². The standard InChI is InChI=1S/C29H38N8O2/c1-19(2)35(5)33-26(7-6-16-38)37-27-25(28(39)36(37)23-9-10-23)18-30-29(32-27)31-22-8-11-24(20(3)17-22)21-12-14-34(4)15-13-21/h6-8,11,16-19,21,23H,9-10,12-15H2,1-5H3,(H,30,31,32)/b7-6-,33-26+. The first kappa shape index (κ1) is 26.8. The van der Waals surface area contributed by atoms with E-state index < -0.39 is 0 Å². The predicted molar refractivity (Wildman–Crippen MR) is 155 cm³/mol. The van der Waals surface area contributed by atoms with Crippen molar-refractivity contribution in [1.82, 2.24) is 29.2 Å². The Bertz CT molecular complexity index is 1470. The number of aldehydes is 1. The molecule has 0 atom stereocenters. The van der Waals surface area contributed by atoms with Gasteiger partial charge in [-0.05, 0) is 108 Å². The SMILES string of the molecule is Cc1cc(Nc2ncc3c(=O)n(C4CC4)n(C(/C=C\C=O)=N/N(C)C(C)C)c3n2)ccc1C1CCN(C)CC1. The molecular formula is C29H38N8O2. The highest BCUT2D eigenvalue weighted by Gasteiger charge is 2.31. The highest BCUT2D eigenvalue weighted by Crippen LogP contribution is 2.35. The fraction of sp³-hybridized carbons (Fsp3) is 0.483. The van der Waals surface area contributed by atoms with Crippen LogP contribution in [0.3, 0.4) is 0 Å². The number of likely N-dealkylation sites (tertiary alicyclic amines) is 1. The summed E-state index contributed by atoms with van der Waals surface area (Å²) in [5.41, 5.74) is 3.84. The molecule has 0 spiro atoms. The van der Waals surface area contributed by atoms with Crippen LogP contribution in [0.15, 0.2) is 46.4 Å². The smallest absolute Gasteiger partial charge is 0.278 e. The van der Waals surface area contributed by atoms with Gasteiger partial charge in [-0.1, -0.05) is 6.07 Å². The number of hydrogen-bond acceptors (Lipinski definition) is 8. The lowest BCUT2D eigenvalue weighted by atomic mass is 9.87. The van der Waals surface area contributed by atoms with Gasteiger partial charge in [-0.2, -0.15) is 10.1 Å². The third-order valence-corrected chi connectivity index (χ3v) is 7.75. The van der Waals surface area contributed by atoms with E-state index in [9.17, 15) is 9.59 Å². The molecule has 3 aromatic rings. The number of benzene rings is 1. The fourth-order valence-electron chi connectivity index (χ4n) is 5.14. The van der Waals surface area contributed by atoms with Gasteiger partial charge in [0.25, 0.3) is 5.56 Å². The van der Waals surface area contributed by atoms with Crippen molar-refractivity contribution in [2.24, 2.45) is 5.10 Å². The van der Waals surface area contributed by atoms with E-state index in [4.69, 9.17) is 10.1 Å². The Morgan fingerprint density at radius 1 is 1.21 bits per heavy atom. The third-order valence-electron chi connectivity index (χ3n) is 7.75. The van der Waals surface area contributed by atoms with Gasteiger partial charge in [0, 0.05) is 25.0 Å². The number of hydrazone groups is 1. The third kappa shape index (κ3) is 5.66. The first-order chi connectivity index (χ1) is 18.8. The first-order valence-corrected chi connectivity index (χ1v) is 13.8. The number of hydrogen-bond donors (Lipinski definition) is 1. The van der Waals surface area contributed by atoms with Crippen molar-refractivity contribution in [2.45, 2.75) is 64.5 Å². The minimum absolute atomic E-state index is 0.0667. The summed E-state index contributed by atoms with van der Waals surface area (Å²) >= 11 is 0. The van der Waals surface area contributed by atoms with Crippen LogP contribution in [0, 0.1) is 6.92 Å². The number of fused-ring (bicyclic) bond motifs is 1. The van der Waals surface area contributed by atoms with Crippen molar-refractivity contribution in [2.75, 3.05) is 32.5 Å². The van der Waals surface area contributed by atoms with Crippen LogP contribution >= 0.6 is 0 Å². The number of carbonyl (C=O) groups excluding carboxylic acids is 1. The largest absolute Gasteiger partial charge is 0.324 e. The molecule has 10 nitrogen and oxygen atoms in total. The average molecular weight is 531 g/mol. The number of piperidine rings is 1. The van der Waals surface area contributed by atoms with Gasteiger partial charge in [-0.25, -0.2) is 14.3 Å². The Hall–Kier alpha value is -3.79. The Morgan fingerprint density at radius 3 is 2.59 bits per heavy atom. The second-order valence-electron chi connectivity index (χ2n) is 11.0. The van der Waals surface area contributed by atoms with Gasteiger partial charge in [-0.3, -0.25) is 14.6 Å². The molecule has 1 saturated carbocycles. The van der Waals surface area contributed by atoms with E-state index in [1.807, 2.05) is 20.9 Å². The Morgan fingerprint density at radius 2 is 1.95 bits per heavy atom. The number of nitrogens with one attached hydrogen (secondary N) is 1. The second kappa shape index (κ2) is 11.1. The summed E-state index contributed by atoms with van der Waals surface area (Å²) in [4.78, 5) is 36.3. The molecule has 1 N–H and O–H groups in total. The zero-order valence-corrected chi connectivity index (χ0v) is 23.5. The quantitative estimate of drug-likeness (QED) is 0.154.